The first-order valence-electron chi connectivity index (χ1n) is 13.4. The minimum Gasteiger partial charge on any atom is -0.478 e. The molecule has 0 bridgehead atoms. The molecule has 0 spiro atoms. The average Bonchev–Trinajstić information content (AvgIpc) is 3.39. The molecule has 2 aromatic rings. The zero-order valence-corrected chi connectivity index (χ0v) is 21.8. The molecule has 3 atom stereocenters. The van der Waals surface area contributed by atoms with Crippen LogP contribution < -0.4 is 4.74 Å². The number of rotatable bonds is 5. The lowest BCUT2D eigenvalue weighted by atomic mass is 9.79. The Bertz CT molecular complexity index is 1240. The van der Waals surface area contributed by atoms with Gasteiger partial charge in [0.15, 0.2) is 6.73 Å². The molecule has 1 aliphatic carbocycles. The average molecular weight is 547 g/mol. The van der Waals surface area contributed by atoms with Crippen molar-refractivity contribution in [2.24, 2.45) is 5.41 Å². The van der Waals surface area contributed by atoms with Gasteiger partial charge in [-0.2, -0.15) is 13.2 Å². The molecular formula is C29H33F3N2O5. The third-order valence-electron chi connectivity index (χ3n) is 8.81. The molecule has 2 N–H and O–H groups in total. The van der Waals surface area contributed by atoms with Gasteiger partial charge in [-0.1, -0.05) is 12.1 Å². The maximum atomic E-state index is 13.8. The molecule has 0 aromatic heterocycles. The molecule has 210 valence electrons. The first-order chi connectivity index (χ1) is 18.5. The molecule has 1 unspecified atom stereocenters. The summed E-state index contributed by atoms with van der Waals surface area (Å²) in [4.78, 5) is 28.9. The maximum Gasteiger partial charge on any atom is 0.416 e. The summed E-state index contributed by atoms with van der Waals surface area (Å²) in [7, 11) is 0. The number of carbonyl (C=O) groups excluding carboxylic acids is 1. The van der Waals surface area contributed by atoms with Crippen LogP contribution in [-0.2, 0) is 17.5 Å². The number of carbonyl (C=O) groups is 2. The van der Waals surface area contributed by atoms with Gasteiger partial charge in [-0.05, 0) is 93.9 Å². The van der Waals surface area contributed by atoms with Crippen LogP contribution in [0.5, 0.6) is 5.75 Å². The van der Waals surface area contributed by atoms with E-state index in [4.69, 9.17) is 4.74 Å². The topological polar surface area (TPSA) is 90.3 Å². The van der Waals surface area contributed by atoms with Gasteiger partial charge in [0.05, 0.1) is 29.2 Å². The molecule has 10 heteroatoms. The molecule has 2 aromatic carbocycles. The molecule has 39 heavy (non-hydrogen) atoms. The quantitative estimate of drug-likeness (QED) is 0.556. The second-order valence-corrected chi connectivity index (χ2v) is 11.1. The van der Waals surface area contributed by atoms with Crippen LogP contribution in [0.4, 0.5) is 13.2 Å². The number of carboxylic acid groups (broad SMARTS) is 1. The van der Waals surface area contributed by atoms with Crippen molar-refractivity contribution in [1.29, 1.82) is 0 Å². The van der Waals surface area contributed by atoms with E-state index < -0.39 is 29.2 Å². The third kappa shape index (κ3) is 5.36. The van der Waals surface area contributed by atoms with Crippen molar-refractivity contribution in [2.75, 3.05) is 19.8 Å². The number of ether oxygens (including phenoxy) is 1. The molecule has 7 nitrogen and oxygen atoms in total. The van der Waals surface area contributed by atoms with E-state index in [0.717, 1.165) is 50.0 Å². The number of piperidine rings is 1. The van der Waals surface area contributed by atoms with Crippen molar-refractivity contribution < 1.29 is 37.7 Å². The van der Waals surface area contributed by atoms with Crippen molar-refractivity contribution in [3.05, 3.63) is 64.7 Å². The highest BCUT2D eigenvalue weighted by molar-refractivity contribution is 5.87. The molecular weight excluding hydrogens is 513 g/mol. The van der Waals surface area contributed by atoms with Crippen LogP contribution in [0.2, 0.25) is 0 Å². The fourth-order valence-corrected chi connectivity index (χ4v) is 6.50. The lowest BCUT2D eigenvalue weighted by Gasteiger charge is -2.40. The Balaban J connectivity index is 1.25. The fraction of sp³-hybridized carbons (Fsp3) is 0.517. The van der Waals surface area contributed by atoms with E-state index in [2.05, 4.69) is 4.90 Å². The van der Waals surface area contributed by atoms with Gasteiger partial charge in [0.25, 0.3) is 0 Å². The lowest BCUT2D eigenvalue weighted by molar-refractivity contribution is -0.153. The van der Waals surface area contributed by atoms with Gasteiger partial charge < -0.3 is 24.7 Å². The monoisotopic (exact) mass is 546 g/mol. The minimum absolute atomic E-state index is 0.00196. The van der Waals surface area contributed by atoms with Crippen molar-refractivity contribution >= 4 is 11.9 Å². The summed E-state index contributed by atoms with van der Waals surface area (Å²) >= 11 is 0. The van der Waals surface area contributed by atoms with Crippen LogP contribution >= 0.6 is 0 Å². The molecule has 2 fully saturated rings. The van der Waals surface area contributed by atoms with Crippen LogP contribution in [0.25, 0.3) is 0 Å². The number of likely N-dealkylation sites (tertiary alicyclic amines) is 1. The zero-order valence-electron chi connectivity index (χ0n) is 21.8. The van der Waals surface area contributed by atoms with Crippen LogP contribution in [0.15, 0.2) is 42.5 Å². The SMILES string of the molecule is C[C@@H](O)C1(C(=O)N2COc3ccc(C(F)(F)F)cc3C2)CC[C@@H](N2CCC(c3cccc(C(=O)O)c3)CC2)C1. The number of fused-ring (bicyclic) bond motifs is 1. The summed E-state index contributed by atoms with van der Waals surface area (Å²) in [5.74, 6) is -0.636. The van der Waals surface area contributed by atoms with E-state index >= 15 is 0 Å². The standard InChI is InChI=1S/C29H33F3N2O5/c1-18(35)28(27(38)34-16-22-14-23(29(30,31)32)5-6-25(22)39-17-34)10-7-24(15-28)33-11-8-19(9-12-33)20-3-2-4-21(13-20)26(36)37/h2-6,13-14,18-19,24,35H,7-12,15-17H2,1H3,(H,36,37)/t18-,24-,28?/m1/s1. The normalized spacial score (nSPS) is 25.2. The van der Waals surface area contributed by atoms with E-state index in [1.54, 1.807) is 25.1 Å². The number of aromatic carboxylic acids is 1. The first kappa shape index (κ1) is 27.5. The Morgan fingerprint density at radius 2 is 1.85 bits per heavy atom. The fourth-order valence-electron chi connectivity index (χ4n) is 6.50. The minimum atomic E-state index is -4.49. The maximum absolute atomic E-state index is 13.8. The number of nitrogens with zero attached hydrogens (tertiary/aromatic N) is 2. The second-order valence-electron chi connectivity index (χ2n) is 11.1. The molecule has 1 saturated carbocycles. The first-order valence-corrected chi connectivity index (χ1v) is 13.4. The molecule has 2 heterocycles. The van der Waals surface area contributed by atoms with Gasteiger partial charge in [0.2, 0.25) is 5.91 Å². The summed E-state index contributed by atoms with van der Waals surface area (Å²) in [6, 6.07) is 10.5. The number of aliphatic hydroxyl groups is 1. The summed E-state index contributed by atoms with van der Waals surface area (Å²) in [6.07, 6.45) is -1.99. The van der Waals surface area contributed by atoms with Gasteiger partial charge in [-0.3, -0.25) is 4.79 Å². The van der Waals surface area contributed by atoms with Crippen LogP contribution in [0.3, 0.4) is 0 Å². The molecule has 5 rings (SSSR count). The predicted octanol–water partition coefficient (Wildman–Crippen LogP) is 4.88. The van der Waals surface area contributed by atoms with Gasteiger partial charge in [-0.25, -0.2) is 4.79 Å². The van der Waals surface area contributed by atoms with E-state index in [0.29, 0.717) is 24.2 Å². The predicted molar refractivity (Wildman–Crippen MR) is 136 cm³/mol. The molecule has 2 aliphatic heterocycles. The smallest absolute Gasteiger partial charge is 0.416 e. The summed E-state index contributed by atoms with van der Waals surface area (Å²) in [6.45, 7) is 3.14. The van der Waals surface area contributed by atoms with Crippen LogP contribution in [-0.4, -0.2) is 63.9 Å². The highest BCUT2D eigenvalue weighted by Gasteiger charge is 2.52. The molecule has 0 radical (unpaired) electrons. The Kier molecular flexibility index (Phi) is 7.37. The molecule has 1 amide bonds. The van der Waals surface area contributed by atoms with E-state index in [9.17, 15) is 33.0 Å². The van der Waals surface area contributed by atoms with Gasteiger partial charge >= 0.3 is 12.1 Å². The van der Waals surface area contributed by atoms with Crippen molar-refractivity contribution in [3.63, 3.8) is 0 Å². The summed E-state index contributed by atoms with van der Waals surface area (Å²) in [5.41, 5.74) is -0.213. The summed E-state index contributed by atoms with van der Waals surface area (Å²) in [5, 5.41) is 20.1. The number of halogens is 3. The summed E-state index contributed by atoms with van der Waals surface area (Å²) < 4.78 is 45.3. The van der Waals surface area contributed by atoms with E-state index in [-0.39, 0.29) is 36.7 Å². The van der Waals surface area contributed by atoms with E-state index in [1.807, 2.05) is 6.07 Å². The van der Waals surface area contributed by atoms with Gasteiger partial charge in [0.1, 0.15) is 5.75 Å². The van der Waals surface area contributed by atoms with Gasteiger partial charge in [0, 0.05) is 11.6 Å². The number of alkyl halides is 3. The number of carboxylic acids is 1. The third-order valence-corrected chi connectivity index (χ3v) is 8.81. The number of hydrogen-bond acceptors (Lipinski definition) is 5. The van der Waals surface area contributed by atoms with Crippen molar-refractivity contribution in [3.8, 4) is 5.75 Å². The Hall–Kier alpha value is -3.11. The van der Waals surface area contributed by atoms with E-state index in [1.165, 1.54) is 11.0 Å². The zero-order chi connectivity index (χ0) is 27.9. The number of amides is 1. The Morgan fingerprint density at radius 1 is 1.10 bits per heavy atom. The van der Waals surface area contributed by atoms with Crippen LogP contribution in [0.1, 0.15) is 72.0 Å². The second kappa shape index (κ2) is 10.5. The van der Waals surface area contributed by atoms with Crippen LogP contribution in [0, 0.1) is 5.41 Å². The number of aliphatic hydroxyl groups excluding tert-OH is 1. The number of hydrogen-bond donors (Lipinski definition) is 2. The largest absolute Gasteiger partial charge is 0.478 e. The Labute approximate surface area is 225 Å². The Morgan fingerprint density at radius 3 is 2.51 bits per heavy atom. The molecule has 3 aliphatic rings. The van der Waals surface area contributed by atoms with Crippen molar-refractivity contribution in [1.82, 2.24) is 9.80 Å². The highest BCUT2D eigenvalue weighted by atomic mass is 19.4. The van der Waals surface area contributed by atoms with Crippen molar-refractivity contribution in [2.45, 2.75) is 69.8 Å². The van der Waals surface area contributed by atoms with Gasteiger partial charge in [-0.15, -0.1) is 0 Å². The number of benzene rings is 2. The highest BCUT2D eigenvalue weighted by Crippen LogP contribution is 2.46. The lowest BCUT2D eigenvalue weighted by Crippen LogP contribution is -2.51. The molecule has 1 saturated heterocycles.